The average Bonchev–Trinajstić information content (AvgIpc) is 2.95. The molecule has 9 heteroatoms. The summed E-state index contributed by atoms with van der Waals surface area (Å²) in [5.41, 5.74) is -0.104. The Hall–Kier alpha value is -2.13. The van der Waals surface area contributed by atoms with E-state index in [9.17, 15) is 13.2 Å². The van der Waals surface area contributed by atoms with Crippen molar-refractivity contribution in [1.82, 2.24) is 19.1 Å². The molecule has 0 unspecified atom stereocenters. The number of aromatic nitrogens is 3. The van der Waals surface area contributed by atoms with Gasteiger partial charge >= 0.3 is 5.69 Å². The minimum Gasteiger partial charge on any atom is -0.497 e. The van der Waals surface area contributed by atoms with Gasteiger partial charge in [0.1, 0.15) is 11.6 Å². The van der Waals surface area contributed by atoms with Crippen LogP contribution in [0.25, 0.3) is 0 Å². The van der Waals surface area contributed by atoms with Gasteiger partial charge in [-0.3, -0.25) is 4.57 Å². The third kappa shape index (κ3) is 3.93. The fraction of sp³-hybridized carbons (Fsp3) is 0.500. The van der Waals surface area contributed by atoms with Gasteiger partial charge in [-0.25, -0.2) is 22.6 Å². The van der Waals surface area contributed by atoms with Crippen molar-refractivity contribution in [3.63, 3.8) is 0 Å². The van der Waals surface area contributed by atoms with Gasteiger partial charge in [-0.05, 0) is 43.5 Å². The maximum absolute atomic E-state index is 12.2. The first-order valence-electron chi connectivity index (χ1n) is 8.31. The Morgan fingerprint density at radius 2 is 2.00 bits per heavy atom. The topological polar surface area (TPSA) is 95.2 Å². The standard InChI is InChI=1S/C16H22N4O4S/c1-24-13-6-8-14(9-7-13)25(22,23)17-10-4-12-20-16(21)19-11-3-2-5-15(19)18-20/h6-9,17H,2-5,10-12H2,1H3. The van der Waals surface area contributed by atoms with E-state index in [1.165, 1.54) is 23.9 Å². The van der Waals surface area contributed by atoms with Crippen molar-refractivity contribution in [1.29, 1.82) is 0 Å². The highest BCUT2D eigenvalue weighted by Gasteiger charge is 2.17. The Labute approximate surface area is 146 Å². The van der Waals surface area contributed by atoms with Crippen LogP contribution >= 0.6 is 0 Å². The number of rotatable bonds is 7. The van der Waals surface area contributed by atoms with Gasteiger partial charge < -0.3 is 4.74 Å². The Morgan fingerprint density at radius 1 is 1.24 bits per heavy atom. The fourth-order valence-electron chi connectivity index (χ4n) is 2.87. The van der Waals surface area contributed by atoms with Gasteiger partial charge in [0.25, 0.3) is 0 Å². The van der Waals surface area contributed by atoms with E-state index < -0.39 is 10.0 Å². The number of fused-ring (bicyclic) bond motifs is 1. The van der Waals surface area contributed by atoms with Gasteiger partial charge in [0.05, 0.1) is 12.0 Å². The van der Waals surface area contributed by atoms with Crippen molar-refractivity contribution in [3.05, 3.63) is 40.6 Å². The number of methoxy groups -OCH3 is 1. The number of sulfonamides is 1. The summed E-state index contributed by atoms with van der Waals surface area (Å²) in [6.07, 6.45) is 3.37. The minimum atomic E-state index is -3.57. The van der Waals surface area contributed by atoms with E-state index in [-0.39, 0.29) is 17.1 Å². The van der Waals surface area contributed by atoms with Gasteiger partial charge in [0, 0.05) is 26.1 Å². The molecule has 1 aliphatic rings. The summed E-state index contributed by atoms with van der Waals surface area (Å²) in [5, 5.41) is 4.34. The van der Waals surface area contributed by atoms with Crippen LogP contribution in [0.15, 0.2) is 34.0 Å². The second-order valence-electron chi connectivity index (χ2n) is 5.96. The molecular formula is C16H22N4O4S. The Bertz CT molecular complexity index is 884. The average molecular weight is 366 g/mol. The molecule has 25 heavy (non-hydrogen) atoms. The smallest absolute Gasteiger partial charge is 0.345 e. The highest BCUT2D eigenvalue weighted by atomic mass is 32.2. The summed E-state index contributed by atoms with van der Waals surface area (Å²) in [7, 11) is -2.05. The molecule has 3 rings (SSSR count). The number of aryl methyl sites for hydroxylation is 2. The quantitative estimate of drug-likeness (QED) is 0.730. The zero-order valence-corrected chi connectivity index (χ0v) is 15.0. The lowest BCUT2D eigenvalue weighted by Crippen LogP contribution is -2.29. The van der Waals surface area contributed by atoms with Gasteiger partial charge in [-0.1, -0.05) is 0 Å². The normalized spacial score (nSPS) is 14.3. The van der Waals surface area contributed by atoms with Gasteiger partial charge in [-0.2, -0.15) is 5.10 Å². The lowest BCUT2D eigenvalue weighted by atomic mass is 10.2. The van der Waals surface area contributed by atoms with Crippen molar-refractivity contribution < 1.29 is 13.2 Å². The summed E-state index contributed by atoms with van der Waals surface area (Å²) in [4.78, 5) is 12.4. The summed E-state index contributed by atoms with van der Waals surface area (Å²) in [6.45, 7) is 1.35. The number of hydrogen-bond donors (Lipinski definition) is 1. The summed E-state index contributed by atoms with van der Waals surface area (Å²) >= 11 is 0. The van der Waals surface area contributed by atoms with Crippen molar-refractivity contribution in [3.8, 4) is 5.75 Å². The molecule has 0 atom stereocenters. The number of benzene rings is 1. The number of nitrogens with one attached hydrogen (secondary N) is 1. The molecule has 8 nitrogen and oxygen atoms in total. The zero-order valence-electron chi connectivity index (χ0n) is 14.1. The molecule has 0 radical (unpaired) electrons. The summed E-state index contributed by atoms with van der Waals surface area (Å²) in [6, 6.07) is 6.19. The van der Waals surface area contributed by atoms with Crippen molar-refractivity contribution in [2.45, 2.75) is 43.7 Å². The molecule has 0 aliphatic carbocycles. The summed E-state index contributed by atoms with van der Waals surface area (Å²) in [5.74, 6) is 1.43. The van der Waals surface area contributed by atoms with Crippen molar-refractivity contribution in [2.24, 2.45) is 0 Å². The van der Waals surface area contributed by atoms with Crippen LogP contribution in [0.3, 0.4) is 0 Å². The van der Waals surface area contributed by atoms with E-state index in [0.717, 1.165) is 31.6 Å². The molecule has 1 aliphatic heterocycles. The molecule has 2 heterocycles. The van der Waals surface area contributed by atoms with E-state index in [0.29, 0.717) is 18.7 Å². The predicted molar refractivity (Wildman–Crippen MR) is 92.2 cm³/mol. The van der Waals surface area contributed by atoms with Crippen LogP contribution in [0, 0.1) is 0 Å². The Kier molecular flexibility index (Phi) is 5.24. The van der Waals surface area contributed by atoms with Crippen LogP contribution in [-0.2, 0) is 29.5 Å². The van der Waals surface area contributed by atoms with Crippen LogP contribution in [0.2, 0.25) is 0 Å². The minimum absolute atomic E-state index is 0.104. The zero-order chi connectivity index (χ0) is 17.9. The molecule has 1 aromatic heterocycles. The molecule has 136 valence electrons. The molecule has 0 amide bonds. The number of ether oxygens (including phenoxy) is 1. The Morgan fingerprint density at radius 3 is 2.68 bits per heavy atom. The highest BCUT2D eigenvalue weighted by molar-refractivity contribution is 7.89. The molecule has 2 aromatic rings. The monoisotopic (exact) mass is 366 g/mol. The maximum Gasteiger partial charge on any atom is 0.345 e. The van der Waals surface area contributed by atoms with Crippen LogP contribution in [0.4, 0.5) is 0 Å². The fourth-order valence-corrected chi connectivity index (χ4v) is 3.94. The molecule has 0 spiro atoms. The van der Waals surface area contributed by atoms with Crippen LogP contribution in [0.1, 0.15) is 25.1 Å². The number of hydrogen-bond acceptors (Lipinski definition) is 5. The second-order valence-corrected chi connectivity index (χ2v) is 7.72. The van der Waals surface area contributed by atoms with Crippen LogP contribution in [0.5, 0.6) is 5.75 Å². The van der Waals surface area contributed by atoms with E-state index in [4.69, 9.17) is 4.74 Å². The third-order valence-corrected chi connectivity index (χ3v) is 5.72. The van der Waals surface area contributed by atoms with Crippen LogP contribution in [-0.4, -0.2) is 36.4 Å². The Balaban J connectivity index is 1.56. The first-order valence-corrected chi connectivity index (χ1v) is 9.80. The molecule has 1 N–H and O–H groups in total. The van der Waals surface area contributed by atoms with Gasteiger partial charge in [-0.15, -0.1) is 0 Å². The molecule has 0 saturated heterocycles. The second kappa shape index (κ2) is 7.40. The molecule has 0 bridgehead atoms. The first-order chi connectivity index (χ1) is 12.0. The largest absolute Gasteiger partial charge is 0.497 e. The molecule has 1 aromatic carbocycles. The summed E-state index contributed by atoms with van der Waals surface area (Å²) < 4.78 is 35.2. The highest BCUT2D eigenvalue weighted by Crippen LogP contribution is 2.15. The van der Waals surface area contributed by atoms with Gasteiger partial charge in [0.15, 0.2) is 0 Å². The maximum atomic E-state index is 12.2. The molecule has 0 saturated carbocycles. The van der Waals surface area contributed by atoms with E-state index in [1.807, 2.05) is 0 Å². The van der Waals surface area contributed by atoms with E-state index in [1.54, 1.807) is 16.7 Å². The lowest BCUT2D eigenvalue weighted by molar-refractivity contribution is 0.414. The molecular weight excluding hydrogens is 344 g/mol. The van der Waals surface area contributed by atoms with Gasteiger partial charge in [0.2, 0.25) is 10.0 Å². The van der Waals surface area contributed by atoms with Crippen molar-refractivity contribution in [2.75, 3.05) is 13.7 Å². The van der Waals surface area contributed by atoms with Crippen LogP contribution < -0.4 is 15.1 Å². The lowest BCUT2D eigenvalue weighted by Gasteiger charge is -2.09. The molecule has 0 fully saturated rings. The van der Waals surface area contributed by atoms with Crippen molar-refractivity contribution >= 4 is 10.0 Å². The SMILES string of the molecule is COc1ccc(S(=O)(=O)NCCCn2nc3n(c2=O)CCCC3)cc1. The van der Waals surface area contributed by atoms with E-state index >= 15 is 0 Å². The predicted octanol–water partition coefficient (Wildman–Crippen LogP) is 0.758. The third-order valence-electron chi connectivity index (χ3n) is 4.24. The van der Waals surface area contributed by atoms with E-state index in [2.05, 4.69) is 9.82 Å². The first kappa shape index (κ1) is 17.7. The number of nitrogens with zero attached hydrogens (tertiary/aromatic N) is 3.